The minimum atomic E-state index is 0.0206. The number of rotatable bonds is 3. The molecule has 0 saturated heterocycles. The third-order valence-corrected chi connectivity index (χ3v) is 4.71. The second kappa shape index (κ2) is 5.41. The smallest absolute Gasteiger partial charge is 0.251 e. The van der Waals surface area contributed by atoms with Crippen LogP contribution in [0.2, 0.25) is 0 Å². The summed E-state index contributed by atoms with van der Waals surface area (Å²) in [7, 11) is 0. The lowest BCUT2D eigenvalue weighted by Gasteiger charge is -2.08. The van der Waals surface area contributed by atoms with Crippen LogP contribution in [0.1, 0.15) is 33.8 Å². The zero-order valence-corrected chi connectivity index (χ0v) is 12.9. The zero-order chi connectivity index (χ0) is 14.1. The Morgan fingerprint density at radius 2 is 1.90 bits per heavy atom. The molecule has 0 aliphatic heterocycles. The number of amides is 1. The van der Waals surface area contributed by atoms with Gasteiger partial charge in [-0.15, -0.1) is 0 Å². The average Bonchev–Trinajstić information content (AvgIpc) is 3.22. The quantitative estimate of drug-likeness (QED) is 0.904. The minimum Gasteiger partial charge on any atom is -0.349 e. The third kappa shape index (κ3) is 2.63. The molecule has 0 heterocycles. The Labute approximate surface area is 127 Å². The monoisotopic (exact) mass is 329 g/mol. The lowest BCUT2D eigenvalue weighted by molar-refractivity contribution is 0.0949. The van der Waals surface area contributed by atoms with Gasteiger partial charge in [0.25, 0.3) is 5.91 Å². The van der Waals surface area contributed by atoms with Crippen LogP contribution >= 0.6 is 15.9 Å². The SMILES string of the molecule is Cc1c(Br)cccc1C(=O)NC1CC1c1ccccc1. The maximum Gasteiger partial charge on any atom is 0.251 e. The van der Waals surface area contributed by atoms with Crippen LogP contribution in [-0.4, -0.2) is 11.9 Å². The van der Waals surface area contributed by atoms with Crippen molar-refractivity contribution >= 4 is 21.8 Å². The summed E-state index contributed by atoms with van der Waals surface area (Å²) in [4.78, 5) is 12.3. The predicted molar refractivity (Wildman–Crippen MR) is 83.9 cm³/mol. The van der Waals surface area contributed by atoms with Gasteiger partial charge in [-0.1, -0.05) is 52.3 Å². The number of benzene rings is 2. The molecule has 20 heavy (non-hydrogen) atoms. The van der Waals surface area contributed by atoms with Gasteiger partial charge >= 0.3 is 0 Å². The first kappa shape index (κ1) is 13.4. The average molecular weight is 330 g/mol. The second-order valence-corrected chi connectivity index (χ2v) is 6.10. The normalized spacial score (nSPS) is 20.5. The van der Waals surface area contributed by atoms with Gasteiger partial charge in [-0.05, 0) is 36.6 Å². The molecule has 2 atom stereocenters. The molecule has 0 aromatic heterocycles. The highest BCUT2D eigenvalue weighted by Gasteiger charge is 2.39. The Morgan fingerprint density at radius 3 is 2.65 bits per heavy atom. The molecule has 102 valence electrons. The van der Waals surface area contributed by atoms with Crippen molar-refractivity contribution in [2.75, 3.05) is 0 Å². The first-order valence-corrected chi connectivity index (χ1v) is 7.57. The highest BCUT2D eigenvalue weighted by Crippen LogP contribution is 2.40. The molecule has 1 fully saturated rings. The molecule has 0 radical (unpaired) electrons. The van der Waals surface area contributed by atoms with E-state index in [1.807, 2.05) is 43.3 Å². The van der Waals surface area contributed by atoms with Crippen LogP contribution < -0.4 is 5.32 Å². The summed E-state index contributed by atoms with van der Waals surface area (Å²) >= 11 is 3.46. The molecule has 0 bridgehead atoms. The van der Waals surface area contributed by atoms with Gasteiger partial charge in [-0.3, -0.25) is 4.79 Å². The first-order valence-electron chi connectivity index (χ1n) is 6.77. The van der Waals surface area contributed by atoms with Crippen molar-refractivity contribution in [1.82, 2.24) is 5.32 Å². The van der Waals surface area contributed by atoms with E-state index in [0.29, 0.717) is 5.92 Å². The van der Waals surface area contributed by atoms with Crippen molar-refractivity contribution in [1.29, 1.82) is 0 Å². The molecule has 2 aromatic carbocycles. The summed E-state index contributed by atoms with van der Waals surface area (Å²) in [6.07, 6.45) is 1.03. The van der Waals surface area contributed by atoms with Gasteiger partial charge in [-0.2, -0.15) is 0 Å². The van der Waals surface area contributed by atoms with Gasteiger partial charge < -0.3 is 5.32 Å². The molecule has 1 aliphatic carbocycles. The number of halogens is 1. The summed E-state index contributed by atoms with van der Waals surface area (Å²) in [5.74, 6) is 0.486. The van der Waals surface area contributed by atoms with E-state index in [9.17, 15) is 4.79 Å². The number of carbonyl (C=O) groups excluding carboxylic acids is 1. The van der Waals surface area contributed by atoms with E-state index in [2.05, 4.69) is 33.4 Å². The van der Waals surface area contributed by atoms with Gasteiger partial charge in [0.1, 0.15) is 0 Å². The summed E-state index contributed by atoms with van der Waals surface area (Å²) in [5.41, 5.74) is 3.05. The van der Waals surface area contributed by atoms with E-state index in [1.165, 1.54) is 5.56 Å². The van der Waals surface area contributed by atoms with Crippen LogP contribution in [0.3, 0.4) is 0 Å². The Morgan fingerprint density at radius 1 is 1.15 bits per heavy atom. The van der Waals surface area contributed by atoms with Gasteiger partial charge in [0.05, 0.1) is 0 Å². The van der Waals surface area contributed by atoms with Crippen molar-refractivity contribution in [3.8, 4) is 0 Å². The molecule has 3 heteroatoms. The zero-order valence-electron chi connectivity index (χ0n) is 11.3. The maximum absolute atomic E-state index is 12.3. The first-order chi connectivity index (χ1) is 9.66. The van der Waals surface area contributed by atoms with E-state index in [1.54, 1.807) is 0 Å². The van der Waals surface area contributed by atoms with E-state index in [-0.39, 0.29) is 11.9 Å². The summed E-state index contributed by atoms with van der Waals surface area (Å²) in [6, 6.07) is 16.4. The Hall–Kier alpha value is -1.61. The Bertz CT molecular complexity index is 639. The fraction of sp³-hybridized carbons (Fsp3) is 0.235. The van der Waals surface area contributed by atoms with Crippen molar-refractivity contribution in [2.45, 2.75) is 25.3 Å². The van der Waals surface area contributed by atoms with Gasteiger partial charge in [-0.25, -0.2) is 0 Å². The Kier molecular flexibility index (Phi) is 3.62. The molecular weight excluding hydrogens is 314 g/mol. The highest BCUT2D eigenvalue weighted by molar-refractivity contribution is 9.10. The maximum atomic E-state index is 12.3. The fourth-order valence-corrected chi connectivity index (χ4v) is 2.89. The van der Waals surface area contributed by atoms with Crippen LogP contribution in [-0.2, 0) is 0 Å². The standard InChI is InChI=1S/C17H16BrNO/c1-11-13(8-5-9-15(11)18)17(20)19-16-10-14(16)12-6-3-2-4-7-12/h2-9,14,16H,10H2,1H3,(H,19,20). The van der Waals surface area contributed by atoms with Gasteiger partial charge in [0, 0.05) is 22.0 Å². The van der Waals surface area contributed by atoms with Gasteiger partial charge in [0.2, 0.25) is 0 Å². The molecule has 1 saturated carbocycles. The van der Waals surface area contributed by atoms with Crippen molar-refractivity contribution in [3.05, 3.63) is 69.7 Å². The largest absolute Gasteiger partial charge is 0.349 e. The molecule has 1 amide bonds. The fourth-order valence-electron chi connectivity index (χ4n) is 2.52. The summed E-state index contributed by atoms with van der Waals surface area (Å²) < 4.78 is 0.973. The van der Waals surface area contributed by atoms with E-state index in [4.69, 9.17) is 0 Å². The van der Waals surface area contributed by atoms with E-state index < -0.39 is 0 Å². The van der Waals surface area contributed by atoms with Crippen LogP contribution in [0.25, 0.3) is 0 Å². The van der Waals surface area contributed by atoms with Gasteiger partial charge in [0.15, 0.2) is 0 Å². The predicted octanol–water partition coefficient (Wildman–Crippen LogP) is 4.04. The van der Waals surface area contributed by atoms with E-state index in [0.717, 1.165) is 22.0 Å². The highest BCUT2D eigenvalue weighted by atomic mass is 79.9. The summed E-state index contributed by atoms with van der Waals surface area (Å²) in [5, 5.41) is 3.13. The molecule has 1 aliphatic rings. The molecule has 2 unspecified atom stereocenters. The minimum absolute atomic E-state index is 0.0206. The molecule has 3 rings (SSSR count). The van der Waals surface area contributed by atoms with Crippen molar-refractivity contribution < 1.29 is 4.79 Å². The number of nitrogens with one attached hydrogen (secondary N) is 1. The molecular formula is C17H16BrNO. The molecule has 0 spiro atoms. The molecule has 2 aromatic rings. The van der Waals surface area contributed by atoms with Crippen LogP contribution in [0.4, 0.5) is 0 Å². The third-order valence-electron chi connectivity index (χ3n) is 3.85. The lowest BCUT2D eigenvalue weighted by Crippen LogP contribution is -2.27. The second-order valence-electron chi connectivity index (χ2n) is 5.25. The number of carbonyl (C=O) groups is 1. The van der Waals surface area contributed by atoms with E-state index >= 15 is 0 Å². The molecule has 2 nitrogen and oxygen atoms in total. The van der Waals surface area contributed by atoms with Crippen molar-refractivity contribution in [3.63, 3.8) is 0 Å². The van der Waals surface area contributed by atoms with Crippen molar-refractivity contribution in [2.24, 2.45) is 0 Å². The lowest BCUT2D eigenvalue weighted by atomic mass is 10.1. The van der Waals surface area contributed by atoms with Crippen LogP contribution in [0, 0.1) is 6.92 Å². The Balaban J connectivity index is 1.68. The topological polar surface area (TPSA) is 29.1 Å². The number of hydrogen-bond acceptors (Lipinski definition) is 1. The number of hydrogen-bond donors (Lipinski definition) is 1. The van der Waals surface area contributed by atoms with Crippen LogP contribution in [0.5, 0.6) is 0 Å². The van der Waals surface area contributed by atoms with Crippen LogP contribution in [0.15, 0.2) is 53.0 Å². The molecule has 1 N–H and O–H groups in total. The summed E-state index contributed by atoms with van der Waals surface area (Å²) in [6.45, 7) is 1.96.